The van der Waals surface area contributed by atoms with Crippen LogP contribution in [0.1, 0.15) is 54.9 Å². The highest BCUT2D eigenvalue weighted by atomic mass is 16.7. The summed E-state index contributed by atoms with van der Waals surface area (Å²) in [4.78, 5) is 5.52. The van der Waals surface area contributed by atoms with Crippen molar-refractivity contribution in [3.05, 3.63) is 0 Å². The van der Waals surface area contributed by atoms with E-state index in [2.05, 4.69) is 21.7 Å². The van der Waals surface area contributed by atoms with Crippen LogP contribution in [0.3, 0.4) is 0 Å². The lowest BCUT2D eigenvalue weighted by molar-refractivity contribution is -0.125. The highest BCUT2D eigenvalue weighted by Crippen LogP contribution is 2.21. The fraction of sp³-hybridized carbons (Fsp3) is 0.923. The monoisotopic (exact) mass is 290 g/mol. The first-order valence-electron chi connectivity index (χ1n) is 6.84. The van der Waals surface area contributed by atoms with Crippen LogP contribution in [0.4, 0.5) is 0 Å². The number of hydrogen-bond acceptors (Lipinski definition) is 7. The summed E-state index contributed by atoms with van der Waals surface area (Å²) in [5.74, 6) is -0.0596. The number of rotatable bonds is 9. The third kappa shape index (κ3) is 7.76. The summed E-state index contributed by atoms with van der Waals surface area (Å²) >= 11 is 0. The molecule has 7 nitrogen and oxygen atoms in total. The van der Waals surface area contributed by atoms with Crippen LogP contribution in [0, 0.1) is 5.92 Å². The third-order valence-electron chi connectivity index (χ3n) is 3.32. The van der Waals surface area contributed by atoms with Crippen LogP contribution in [-0.2, 0) is 4.84 Å². The van der Waals surface area contributed by atoms with E-state index in [9.17, 15) is 5.11 Å². The Bertz CT molecular complexity index is 313. The van der Waals surface area contributed by atoms with E-state index in [1.807, 2.05) is 27.7 Å². The summed E-state index contributed by atoms with van der Waals surface area (Å²) in [5.41, 5.74) is 7.65. The maximum absolute atomic E-state index is 9.68. The lowest BCUT2D eigenvalue weighted by atomic mass is 9.89. The molecule has 0 amide bonds. The molecule has 0 rings (SSSR count). The number of hydrogen-bond donors (Lipinski definition) is 5. The van der Waals surface area contributed by atoms with Crippen LogP contribution in [0.25, 0.3) is 0 Å². The molecule has 0 radical (unpaired) electrons. The van der Waals surface area contributed by atoms with Gasteiger partial charge in [-0.1, -0.05) is 12.1 Å². The van der Waals surface area contributed by atoms with E-state index in [0.717, 1.165) is 0 Å². The normalized spacial score (nSPS) is 17.1. The molecule has 2 atom stereocenters. The van der Waals surface area contributed by atoms with E-state index in [-0.39, 0.29) is 12.0 Å². The second kappa shape index (κ2) is 7.90. The predicted octanol–water partition coefficient (Wildman–Crippen LogP) is 1.33. The van der Waals surface area contributed by atoms with Gasteiger partial charge in [-0.3, -0.25) is 4.84 Å². The van der Waals surface area contributed by atoms with Gasteiger partial charge in [-0.2, -0.15) is 5.53 Å². The van der Waals surface area contributed by atoms with Gasteiger partial charge in [0.2, 0.25) is 0 Å². The molecule has 20 heavy (non-hydrogen) atoms. The zero-order chi connectivity index (χ0) is 16.0. The molecular weight excluding hydrogens is 260 g/mol. The quantitative estimate of drug-likeness (QED) is 0.190. The fourth-order valence-corrected chi connectivity index (χ4v) is 1.79. The Morgan fingerprint density at radius 2 is 1.80 bits per heavy atom. The van der Waals surface area contributed by atoms with Crippen molar-refractivity contribution in [1.82, 2.24) is 16.5 Å². The second-order valence-electron chi connectivity index (χ2n) is 6.46. The third-order valence-corrected chi connectivity index (χ3v) is 3.32. The number of nitrogens with one attached hydrogen (secondary N) is 3. The zero-order valence-electron chi connectivity index (χ0n) is 13.6. The first-order valence-corrected chi connectivity index (χ1v) is 6.84. The smallest absolute Gasteiger partial charge is 0.0936 e. The SMILES string of the molecule is C/C(=N\O)C(C)C(C)(C)ONNNC(C)CC(C)(C)O. The Hall–Kier alpha value is -0.730. The Kier molecular flexibility index (Phi) is 7.61. The standard InChI is InChI=1S/C13H30N4O3/c1-9(8-12(4,5)18)14-16-17-20-13(6,7)10(2)11(3)15-19/h9-10,14,16-19H,8H2,1-7H3/b15-11+. The first-order chi connectivity index (χ1) is 8.99. The molecule has 120 valence electrons. The van der Waals surface area contributed by atoms with Crippen LogP contribution in [0.2, 0.25) is 0 Å². The minimum absolute atomic E-state index is 0.0596. The number of hydrazine groups is 2. The molecule has 0 aromatic rings. The zero-order valence-corrected chi connectivity index (χ0v) is 13.6. The van der Waals surface area contributed by atoms with E-state index in [1.165, 1.54) is 0 Å². The first kappa shape index (κ1) is 19.3. The Balaban J connectivity index is 4.06. The lowest BCUT2D eigenvalue weighted by Crippen LogP contribution is -2.53. The van der Waals surface area contributed by atoms with Crippen molar-refractivity contribution < 1.29 is 15.2 Å². The van der Waals surface area contributed by atoms with Gasteiger partial charge in [0.1, 0.15) is 0 Å². The second-order valence-corrected chi connectivity index (χ2v) is 6.46. The summed E-state index contributed by atoms with van der Waals surface area (Å²) < 4.78 is 0. The summed E-state index contributed by atoms with van der Waals surface area (Å²) in [7, 11) is 0. The van der Waals surface area contributed by atoms with E-state index >= 15 is 0 Å². The highest BCUT2D eigenvalue weighted by molar-refractivity contribution is 5.84. The molecule has 0 saturated heterocycles. The number of nitrogens with zero attached hydrogens (tertiary/aromatic N) is 1. The van der Waals surface area contributed by atoms with Crippen LogP contribution in [-0.4, -0.2) is 33.3 Å². The van der Waals surface area contributed by atoms with Crippen molar-refractivity contribution >= 4 is 5.71 Å². The van der Waals surface area contributed by atoms with Crippen LogP contribution in [0.5, 0.6) is 0 Å². The Morgan fingerprint density at radius 1 is 1.25 bits per heavy atom. The van der Waals surface area contributed by atoms with E-state index in [4.69, 9.17) is 10.0 Å². The highest BCUT2D eigenvalue weighted by Gasteiger charge is 2.30. The largest absolute Gasteiger partial charge is 0.411 e. The lowest BCUT2D eigenvalue weighted by Gasteiger charge is -2.31. The molecule has 7 heteroatoms. The fourth-order valence-electron chi connectivity index (χ4n) is 1.79. The topological polar surface area (TPSA) is 98.1 Å². The van der Waals surface area contributed by atoms with Crippen molar-refractivity contribution in [3.8, 4) is 0 Å². The molecule has 0 aliphatic heterocycles. The van der Waals surface area contributed by atoms with E-state index in [1.54, 1.807) is 20.8 Å². The summed E-state index contributed by atoms with van der Waals surface area (Å²) in [6.07, 6.45) is 0.595. The summed E-state index contributed by atoms with van der Waals surface area (Å²) in [5, 5.41) is 21.7. The minimum Gasteiger partial charge on any atom is -0.411 e. The molecule has 0 aromatic heterocycles. The summed E-state index contributed by atoms with van der Waals surface area (Å²) in [6.45, 7) is 12.9. The molecule has 0 bridgehead atoms. The van der Waals surface area contributed by atoms with E-state index < -0.39 is 11.2 Å². The maximum Gasteiger partial charge on any atom is 0.0936 e. The van der Waals surface area contributed by atoms with Gasteiger partial charge in [0.15, 0.2) is 0 Å². The molecule has 0 fully saturated rings. The molecule has 2 unspecified atom stereocenters. The van der Waals surface area contributed by atoms with Crippen molar-refractivity contribution in [3.63, 3.8) is 0 Å². The molecule has 5 N–H and O–H groups in total. The van der Waals surface area contributed by atoms with Gasteiger partial charge < -0.3 is 10.3 Å². The molecule has 0 aliphatic rings. The molecule has 0 saturated carbocycles. The van der Waals surface area contributed by atoms with Crippen LogP contribution < -0.4 is 16.5 Å². The average molecular weight is 290 g/mol. The number of oxime groups is 1. The Labute approximate surface area is 121 Å². The van der Waals surface area contributed by atoms with Crippen molar-refractivity contribution in [2.75, 3.05) is 0 Å². The molecule has 0 aliphatic carbocycles. The van der Waals surface area contributed by atoms with Crippen LogP contribution in [0.15, 0.2) is 5.16 Å². The molecule has 0 heterocycles. The van der Waals surface area contributed by atoms with Gasteiger partial charge >= 0.3 is 0 Å². The van der Waals surface area contributed by atoms with Crippen molar-refractivity contribution in [1.29, 1.82) is 0 Å². The summed E-state index contributed by atoms with van der Waals surface area (Å²) in [6, 6.07) is 0.0624. The van der Waals surface area contributed by atoms with Crippen molar-refractivity contribution in [2.24, 2.45) is 11.1 Å². The molecule has 0 aromatic carbocycles. The predicted molar refractivity (Wildman–Crippen MR) is 79.0 cm³/mol. The molecule has 0 spiro atoms. The maximum atomic E-state index is 9.68. The Morgan fingerprint density at radius 3 is 2.25 bits per heavy atom. The van der Waals surface area contributed by atoms with Gasteiger partial charge in [0.05, 0.1) is 16.9 Å². The molecular formula is C13H30N4O3. The van der Waals surface area contributed by atoms with E-state index in [0.29, 0.717) is 12.1 Å². The number of aliphatic hydroxyl groups is 1. The van der Waals surface area contributed by atoms with Crippen LogP contribution >= 0.6 is 0 Å². The van der Waals surface area contributed by atoms with Crippen molar-refractivity contribution in [2.45, 2.75) is 72.1 Å². The van der Waals surface area contributed by atoms with Gasteiger partial charge in [0, 0.05) is 12.0 Å². The van der Waals surface area contributed by atoms with Gasteiger partial charge in [-0.25, -0.2) is 5.43 Å². The average Bonchev–Trinajstić information content (AvgIpc) is 2.30. The van der Waals surface area contributed by atoms with Gasteiger partial charge in [-0.05, 0) is 48.0 Å². The van der Waals surface area contributed by atoms with Gasteiger partial charge in [0.25, 0.3) is 0 Å². The minimum atomic E-state index is -0.725. The van der Waals surface area contributed by atoms with Gasteiger partial charge in [-0.15, -0.1) is 5.59 Å².